The molecule has 0 aromatic carbocycles. The van der Waals surface area contributed by atoms with E-state index in [1.165, 1.54) is 10.5 Å². The zero-order valence-corrected chi connectivity index (χ0v) is 10.7. The van der Waals surface area contributed by atoms with Gasteiger partial charge < -0.3 is 4.74 Å². The number of nitrogens with zero attached hydrogens (tertiary/aromatic N) is 1. The van der Waals surface area contributed by atoms with Crippen molar-refractivity contribution in [2.45, 2.75) is 6.92 Å². The first-order chi connectivity index (χ1) is 8.13. The predicted octanol–water partition coefficient (Wildman–Crippen LogP) is 2.24. The van der Waals surface area contributed by atoms with Gasteiger partial charge in [-0.1, -0.05) is 0 Å². The van der Waals surface area contributed by atoms with Crippen LogP contribution in [-0.2, 0) is 4.74 Å². The van der Waals surface area contributed by atoms with E-state index in [4.69, 9.17) is 4.74 Å². The number of hydrogen-bond acceptors (Lipinski definition) is 3. The van der Waals surface area contributed by atoms with Crippen molar-refractivity contribution in [3.05, 3.63) is 50.9 Å². The number of carbonyl (C=O) groups is 1. The van der Waals surface area contributed by atoms with Gasteiger partial charge in [-0.3, -0.25) is 9.20 Å². The van der Waals surface area contributed by atoms with Gasteiger partial charge in [0.2, 0.25) is 0 Å². The molecule has 0 radical (unpaired) electrons. The highest BCUT2D eigenvalue weighted by atomic mass is 79.9. The second kappa shape index (κ2) is 4.71. The number of aromatic nitrogens is 1. The van der Waals surface area contributed by atoms with E-state index in [1.807, 2.05) is 6.07 Å². The van der Waals surface area contributed by atoms with Crippen LogP contribution >= 0.6 is 15.9 Å². The fourth-order valence-corrected chi connectivity index (χ4v) is 1.87. The highest BCUT2D eigenvalue weighted by Crippen LogP contribution is 2.11. The third kappa shape index (κ3) is 2.24. The van der Waals surface area contributed by atoms with Crippen molar-refractivity contribution in [2.24, 2.45) is 0 Å². The molecule has 0 aliphatic heterocycles. The molecule has 2 aromatic heterocycles. The largest absolute Gasteiger partial charge is 0.462 e. The summed E-state index contributed by atoms with van der Waals surface area (Å²) in [5.41, 5.74) is 0.399. The number of pyridine rings is 2. The van der Waals surface area contributed by atoms with Gasteiger partial charge >= 0.3 is 5.97 Å². The highest BCUT2D eigenvalue weighted by Gasteiger charge is 2.12. The van der Waals surface area contributed by atoms with Gasteiger partial charge in [-0.2, -0.15) is 0 Å². The molecule has 0 saturated heterocycles. The fraction of sp³-hybridized carbons (Fsp3) is 0.167. The monoisotopic (exact) mass is 295 g/mol. The lowest BCUT2D eigenvalue weighted by Gasteiger charge is -2.04. The van der Waals surface area contributed by atoms with Gasteiger partial charge in [-0.25, -0.2) is 4.79 Å². The van der Waals surface area contributed by atoms with Gasteiger partial charge in [-0.05, 0) is 47.1 Å². The van der Waals surface area contributed by atoms with Crippen LogP contribution in [0.3, 0.4) is 0 Å². The van der Waals surface area contributed by atoms with E-state index >= 15 is 0 Å². The number of ether oxygens (including phenoxy) is 1. The van der Waals surface area contributed by atoms with Crippen LogP contribution in [-0.4, -0.2) is 17.0 Å². The van der Waals surface area contributed by atoms with Crippen LogP contribution in [0.5, 0.6) is 0 Å². The van der Waals surface area contributed by atoms with E-state index in [-0.39, 0.29) is 17.7 Å². The molecule has 2 heterocycles. The van der Waals surface area contributed by atoms with Crippen molar-refractivity contribution in [1.29, 1.82) is 0 Å². The quantitative estimate of drug-likeness (QED) is 0.799. The Hall–Kier alpha value is -1.62. The predicted molar refractivity (Wildman–Crippen MR) is 67.3 cm³/mol. The maximum Gasteiger partial charge on any atom is 0.343 e. The van der Waals surface area contributed by atoms with E-state index in [0.717, 1.165) is 9.99 Å². The average Bonchev–Trinajstić information content (AvgIpc) is 2.30. The van der Waals surface area contributed by atoms with E-state index < -0.39 is 5.97 Å². The van der Waals surface area contributed by atoms with Crippen LogP contribution in [0, 0.1) is 0 Å². The molecule has 88 valence electrons. The third-order valence-electron chi connectivity index (χ3n) is 2.31. The molecule has 0 fully saturated rings. The molecule has 0 unspecified atom stereocenters. The van der Waals surface area contributed by atoms with E-state index in [9.17, 15) is 9.59 Å². The molecule has 0 amide bonds. The summed E-state index contributed by atoms with van der Waals surface area (Å²) < 4.78 is 7.01. The third-order valence-corrected chi connectivity index (χ3v) is 2.78. The molecule has 5 heteroatoms. The minimum atomic E-state index is -0.591. The number of rotatable bonds is 2. The van der Waals surface area contributed by atoms with Crippen LogP contribution in [0.2, 0.25) is 0 Å². The number of carbonyl (C=O) groups excluding carboxylic acids is 1. The molecule has 0 saturated carbocycles. The van der Waals surface area contributed by atoms with E-state index in [2.05, 4.69) is 15.9 Å². The molecule has 0 N–H and O–H groups in total. The van der Waals surface area contributed by atoms with Crippen LogP contribution < -0.4 is 5.56 Å². The standard InChI is InChI=1S/C12H10BrNO3/c1-2-17-12(16)10-6-5-9-4-3-8(13)7-14(9)11(10)15/h3-7H,2H2,1H3. The molecule has 0 aliphatic carbocycles. The van der Waals surface area contributed by atoms with E-state index in [0.29, 0.717) is 0 Å². The molecule has 0 spiro atoms. The van der Waals surface area contributed by atoms with Gasteiger partial charge in [0, 0.05) is 16.2 Å². The molecule has 4 nitrogen and oxygen atoms in total. The highest BCUT2D eigenvalue weighted by molar-refractivity contribution is 9.10. The second-order valence-electron chi connectivity index (χ2n) is 3.41. The SMILES string of the molecule is CCOC(=O)c1ccc2ccc(Br)cn2c1=O. The molecular formula is C12H10BrNO3. The van der Waals surface area contributed by atoms with Crippen molar-refractivity contribution in [3.8, 4) is 0 Å². The Morgan fingerprint density at radius 3 is 2.76 bits per heavy atom. The minimum absolute atomic E-state index is 0.0439. The summed E-state index contributed by atoms with van der Waals surface area (Å²) >= 11 is 3.28. The molecule has 0 atom stereocenters. The fourth-order valence-electron chi connectivity index (χ4n) is 1.53. The van der Waals surface area contributed by atoms with Gasteiger partial charge in [0.15, 0.2) is 0 Å². The normalized spacial score (nSPS) is 10.5. The van der Waals surface area contributed by atoms with Crippen LogP contribution in [0.25, 0.3) is 5.52 Å². The molecule has 2 rings (SSSR count). The summed E-state index contributed by atoms with van der Waals surface area (Å²) in [4.78, 5) is 23.6. The minimum Gasteiger partial charge on any atom is -0.462 e. The number of hydrogen-bond donors (Lipinski definition) is 0. The maximum atomic E-state index is 12.0. The van der Waals surface area contributed by atoms with Crippen LogP contribution in [0.1, 0.15) is 17.3 Å². The van der Waals surface area contributed by atoms with E-state index in [1.54, 1.807) is 25.3 Å². The Balaban J connectivity index is 2.65. The Labute approximate surface area is 106 Å². The van der Waals surface area contributed by atoms with Crippen molar-refractivity contribution in [1.82, 2.24) is 4.40 Å². The number of halogens is 1. The van der Waals surface area contributed by atoms with Crippen molar-refractivity contribution in [2.75, 3.05) is 6.61 Å². The molecule has 0 bridgehead atoms. The first-order valence-corrected chi connectivity index (χ1v) is 5.91. The Morgan fingerprint density at radius 1 is 1.35 bits per heavy atom. The smallest absolute Gasteiger partial charge is 0.343 e. The zero-order chi connectivity index (χ0) is 12.4. The van der Waals surface area contributed by atoms with Gasteiger partial charge in [0.25, 0.3) is 5.56 Å². The van der Waals surface area contributed by atoms with Crippen molar-refractivity contribution < 1.29 is 9.53 Å². The van der Waals surface area contributed by atoms with Crippen molar-refractivity contribution >= 4 is 27.4 Å². The summed E-state index contributed by atoms with van der Waals surface area (Å²) in [5, 5.41) is 0. The molecule has 0 aliphatic rings. The average molecular weight is 296 g/mol. The summed E-state index contributed by atoms with van der Waals surface area (Å²) in [7, 11) is 0. The summed E-state index contributed by atoms with van der Waals surface area (Å²) in [5.74, 6) is -0.591. The topological polar surface area (TPSA) is 47.8 Å². The summed E-state index contributed by atoms with van der Waals surface area (Å²) in [6.45, 7) is 1.95. The number of esters is 1. The zero-order valence-electron chi connectivity index (χ0n) is 9.14. The lowest BCUT2D eigenvalue weighted by atomic mass is 10.2. The molecular weight excluding hydrogens is 286 g/mol. The van der Waals surface area contributed by atoms with Gasteiger partial charge in [0.1, 0.15) is 5.56 Å². The Morgan fingerprint density at radius 2 is 2.06 bits per heavy atom. The van der Waals surface area contributed by atoms with Crippen LogP contribution in [0.15, 0.2) is 39.7 Å². The summed E-state index contributed by atoms with van der Waals surface area (Å²) in [6, 6.07) is 6.82. The first kappa shape index (κ1) is 11.9. The first-order valence-electron chi connectivity index (χ1n) is 5.11. The van der Waals surface area contributed by atoms with Gasteiger partial charge in [-0.15, -0.1) is 0 Å². The second-order valence-corrected chi connectivity index (χ2v) is 4.33. The van der Waals surface area contributed by atoms with Gasteiger partial charge in [0.05, 0.1) is 6.61 Å². The molecule has 17 heavy (non-hydrogen) atoms. The maximum absolute atomic E-state index is 12.0. The Bertz CT molecular complexity index is 633. The lowest BCUT2D eigenvalue weighted by molar-refractivity contribution is 0.0524. The van der Waals surface area contributed by atoms with Crippen LogP contribution in [0.4, 0.5) is 0 Å². The van der Waals surface area contributed by atoms with Crippen molar-refractivity contribution in [3.63, 3.8) is 0 Å². The Kier molecular flexibility index (Phi) is 3.28. The number of fused-ring (bicyclic) bond motifs is 1. The summed E-state index contributed by atoms with van der Waals surface area (Å²) in [6.07, 6.45) is 1.63. The lowest BCUT2D eigenvalue weighted by Crippen LogP contribution is -2.23. The molecule has 2 aromatic rings.